The Labute approximate surface area is 141 Å². The van der Waals surface area contributed by atoms with Gasteiger partial charge in [0.05, 0.1) is 19.8 Å². The Bertz CT molecular complexity index is 728. The van der Waals surface area contributed by atoms with Gasteiger partial charge >= 0.3 is 0 Å². The fourth-order valence-electron chi connectivity index (χ4n) is 3.01. The minimum absolute atomic E-state index is 0.0831. The highest BCUT2D eigenvalue weighted by atomic mass is 16.5. The molecule has 1 amide bonds. The van der Waals surface area contributed by atoms with Crippen LogP contribution in [0.3, 0.4) is 0 Å². The maximum Gasteiger partial charge on any atom is 0.258 e. The highest BCUT2D eigenvalue weighted by Crippen LogP contribution is 2.29. The van der Waals surface area contributed by atoms with E-state index >= 15 is 0 Å². The fraction of sp³-hybridized carbons (Fsp3) is 0.412. The molecule has 1 aliphatic heterocycles. The molecule has 1 saturated heterocycles. The third-order valence-electron chi connectivity index (χ3n) is 4.30. The number of nitrogens with one attached hydrogen (secondary N) is 1. The van der Waals surface area contributed by atoms with E-state index in [2.05, 4.69) is 10.3 Å². The van der Waals surface area contributed by atoms with Crippen LogP contribution in [0.5, 0.6) is 11.5 Å². The summed E-state index contributed by atoms with van der Waals surface area (Å²) in [5, 5.41) is 3.33. The first-order valence-electron chi connectivity index (χ1n) is 7.86. The zero-order chi connectivity index (χ0) is 17.1. The second-order valence-electron chi connectivity index (χ2n) is 5.68. The molecule has 128 valence electrons. The van der Waals surface area contributed by atoms with Crippen LogP contribution in [0.1, 0.15) is 22.2 Å². The van der Waals surface area contributed by atoms with Gasteiger partial charge in [-0.1, -0.05) is 0 Å². The topological polar surface area (TPSA) is 68.6 Å². The SMILES string of the molecule is COc1ccc(OC)c(C(=O)N2CCNCC2c2nccn2C)c1. The molecule has 24 heavy (non-hydrogen) atoms. The molecule has 1 atom stereocenters. The van der Waals surface area contributed by atoms with Gasteiger partial charge in [-0.15, -0.1) is 0 Å². The molecule has 3 rings (SSSR count). The summed E-state index contributed by atoms with van der Waals surface area (Å²) < 4.78 is 12.6. The Morgan fingerprint density at radius 1 is 1.33 bits per heavy atom. The lowest BCUT2D eigenvalue weighted by Gasteiger charge is -2.36. The van der Waals surface area contributed by atoms with Gasteiger partial charge in [0.15, 0.2) is 0 Å². The van der Waals surface area contributed by atoms with Gasteiger partial charge in [-0.3, -0.25) is 4.79 Å². The first-order chi connectivity index (χ1) is 11.7. The van der Waals surface area contributed by atoms with Crippen LogP contribution in [0.4, 0.5) is 0 Å². The number of benzene rings is 1. The van der Waals surface area contributed by atoms with Gasteiger partial charge in [-0.25, -0.2) is 4.98 Å². The standard InChI is InChI=1S/C17H22N4O3/c1-20-8-7-19-16(20)14-11-18-6-9-21(14)17(22)13-10-12(23-2)4-5-15(13)24-3/h4-5,7-8,10,14,18H,6,9,11H2,1-3H3. The molecule has 0 bridgehead atoms. The van der Waals surface area contributed by atoms with Gasteiger partial charge in [0.2, 0.25) is 0 Å². The first kappa shape index (κ1) is 16.3. The van der Waals surface area contributed by atoms with Gasteiger partial charge in [0.25, 0.3) is 5.91 Å². The molecular formula is C17H22N4O3. The number of aromatic nitrogens is 2. The van der Waals surface area contributed by atoms with Crippen molar-refractivity contribution >= 4 is 5.91 Å². The molecule has 1 aromatic heterocycles. The molecule has 2 heterocycles. The molecule has 1 aliphatic rings. The van der Waals surface area contributed by atoms with Crippen molar-refractivity contribution < 1.29 is 14.3 Å². The number of hydrogen-bond acceptors (Lipinski definition) is 5. The molecule has 1 N–H and O–H groups in total. The van der Waals surface area contributed by atoms with E-state index in [-0.39, 0.29) is 11.9 Å². The number of methoxy groups -OCH3 is 2. The van der Waals surface area contributed by atoms with Gasteiger partial charge in [-0.2, -0.15) is 0 Å². The molecule has 0 aliphatic carbocycles. The molecule has 7 nitrogen and oxygen atoms in total. The van der Waals surface area contributed by atoms with E-state index < -0.39 is 0 Å². The molecule has 0 saturated carbocycles. The summed E-state index contributed by atoms with van der Waals surface area (Å²) in [6.45, 7) is 2.03. The first-order valence-corrected chi connectivity index (χ1v) is 7.86. The largest absolute Gasteiger partial charge is 0.497 e. The average Bonchev–Trinajstić information content (AvgIpc) is 3.06. The van der Waals surface area contributed by atoms with Crippen LogP contribution in [-0.4, -0.2) is 54.2 Å². The maximum atomic E-state index is 13.2. The van der Waals surface area contributed by atoms with E-state index in [1.54, 1.807) is 38.6 Å². The lowest BCUT2D eigenvalue weighted by Crippen LogP contribution is -2.49. The Balaban J connectivity index is 1.96. The Morgan fingerprint density at radius 2 is 2.17 bits per heavy atom. The van der Waals surface area contributed by atoms with E-state index in [1.165, 1.54) is 0 Å². The van der Waals surface area contributed by atoms with Gasteiger partial charge < -0.3 is 24.3 Å². The lowest BCUT2D eigenvalue weighted by atomic mass is 10.1. The summed E-state index contributed by atoms with van der Waals surface area (Å²) in [7, 11) is 5.08. The van der Waals surface area contributed by atoms with Crippen LogP contribution in [0.2, 0.25) is 0 Å². The minimum Gasteiger partial charge on any atom is -0.497 e. The fourth-order valence-corrected chi connectivity index (χ4v) is 3.01. The third-order valence-corrected chi connectivity index (χ3v) is 4.30. The van der Waals surface area contributed by atoms with E-state index in [9.17, 15) is 4.79 Å². The van der Waals surface area contributed by atoms with Crippen LogP contribution >= 0.6 is 0 Å². The number of nitrogens with zero attached hydrogens (tertiary/aromatic N) is 3. The van der Waals surface area contributed by atoms with E-state index in [0.717, 1.165) is 12.4 Å². The van der Waals surface area contributed by atoms with Crippen LogP contribution in [0.15, 0.2) is 30.6 Å². The quantitative estimate of drug-likeness (QED) is 0.913. The van der Waals surface area contributed by atoms with Crippen molar-refractivity contribution in [1.29, 1.82) is 0 Å². The van der Waals surface area contributed by atoms with Crippen molar-refractivity contribution in [2.45, 2.75) is 6.04 Å². The Kier molecular flexibility index (Phi) is 4.71. The van der Waals surface area contributed by atoms with E-state index in [4.69, 9.17) is 9.47 Å². The summed E-state index contributed by atoms with van der Waals surface area (Å²) in [6, 6.07) is 5.13. The summed E-state index contributed by atoms with van der Waals surface area (Å²) >= 11 is 0. The van der Waals surface area contributed by atoms with Gasteiger partial charge in [0.1, 0.15) is 23.4 Å². The molecule has 0 radical (unpaired) electrons. The number of imidazole rings is 1. The summed E-state index contributed by atoms with van der Waals surface area (Å²) in [5.41, 5.74) is 0.498. The third kappa shape index (κ3) is 2.94. The summed E-state index contributed by atoms with van der Waals surface area (Å²) in [6.07, 6.45) is 3.64. The van der Waals surface area contributed by atoms with Crippen LogP contribution < -0.4 is 14.8 Å². The number of aryl methyl sites for hydroxylation is 1. The number of rotatable bonds is 4. The molecular weight excluding hydrogens is 308 g/mol. The molecule has 1 aromatic carbocycles. The number of amides is 1. The van der Waals surface area contributed by atoms with Crippen LogP contribution in [-0.2, 0) is 7.05 Å². The molecule has 2 aromatic rings. The number of hydrogen-bond donors (Lipinski definition) is 1. The van der Waals surface area contributed by atoms with Crippen molar-refractivity contribution in [2.24, 2.45) is 7.05 Å². The van der Waals surface area contributed by atoms with Crippen LogP contribution in [0.25, 0.3) is 0 Å². The number of piperazine rings is 1. The monoisotopic (exact) mass is 330 g/mol. The van der Waals surface area contributed by atoms with E-state index in [1.807, 2.05) is 22.7 Å². The second kappa shape index (κ2) is 6.92. The number of carbonyl (C=O) groups is 1. The van der Waals surface area contributed by atoms with E-state index in [0.29, 0.717) is 30.2 Å². The molecule has 0 spiro atoms. The zero-order valence-electron chi connectivity index (χ0n) is 14.2. The lowest BCUT2D eigenvalue weighted by molar-refractivity contribution is 0.0617. The van der Waals surface area contributed by atoms with Crippen molar-refractivity contribution in [3.63, 3.8) is 0 Å². The van der Waals surface area contributed by atoms with Gasteiger partial charge in [-0.05, 0) is 18.2 Å². The minimum atomic E-state index is -0.123. The molecule has 1 fully saturated rings. The average molecular weight is 330 g/mol. The predicted molar refractivity (Wildman–Crippen MR) is 89.4 cm³/mol. The highest BCUT2D eigenvalue weighted by Gasteiger charge is 2.32. The molecule has 1 unspecified atom stereocenters. The second-order valence-corrected chi connectivity index (χ2v) is 5.68. The van der Waals surface area contributed by atoms with Crippen LogP contribution in [0, 0.1) is 0 Å². The summed E-state index contributed by atoms with van der Waals surface area (Å²) in [5.74, 6) is 1.94. The van der Waals surface area contributed by atoms with Crippen molar-refractivity contribution in [2.75, 3.05) is 33.9 Å². The van der Waals surface area contributed by atoms with Crippen molar-refractivity contribution in [3.05, 3.63) is 42.0 Å². The number of carbonyl (C=O) groups excluding carboxylic acids is 1. The summed E-state index contributed by atoms with van der Waals surface area (Å²) in [4.78, 5) is 19.4. The number of ether oxygens (including phenoxy) is 2. The van der Waals surface area contributed by atoms with Gasteiger partial charge in [0, 0.05) is 39.1 Å². The Hall–Kier alpha value is -2.54. The smallest absolute Gasteiger partial charge is 0.258 e. The normalized spacial score (nSPS) is 17.6. The molecule has 7 heteroatoms. The van der Waals surface area contributed by atoms with Crippen molar-refractivity contribution in [1.82, 2.24) is 19.8 Å². The maximum absolute atomic E-state index is 13.2. The zero-order valence-corrected chi connectivity index (χ0v) is 14.2. The highest BCUT2D eigenvalue weighted by molar-refractivity contribution is 5.97. The Morgan fingerprint density at radius 3 is 2.83 bits per heavy atom. The van der Waals surface area contributed by atoms with Crippen molar-refractivity contribution in [3.8, 4) is 11.5 Å². The predicted octanol–water partition coefficient (Wildman–Crippen LogP) is 1.22.